The third-order valence-electron chi connectivity index (χ3n) is 3.34. The number of carbonyl (C=O) groups excluding carboxylic acids is 1. The molecule has 0 radical (unpaired) electrons. The molecule has 0 fully saturated rings. The van der Waals surface area contributed by atoms with Gasteiger partial charge in [-0.25, -0.2) is 0 Å². The summed E-state index contributed by atoms with van der Waals surface area (Å²) in [6, 6.07) is 4.35. The summed E-state index contributed by atoms with van der Waals surface area (Å²) in [7, 11) is 3.65. The lowest BCUT2D eigenvalue weighted by atomic mass is 9.97. The SMILES string of the molecule is CC(C)CC(NC(c1cccs1)C(C)C)C(=O)N(C)C. The quantitative estimate of drug-likeness (QED) is 0.834. The van der Waals surface area contributed by atoms with Gasteiger partial charge in [-0.15, -0.1) is 11.3 Å². The number of nitrogens with zero attached hydrogens (tertiary/aromatic N) is 1. The Hall–Kier alpha value is -0.870. The first-order valence-corrected chi connectivity index (χ1v) is 8.21. The first-order valence-electron chi connectivity index (χ1n) is 7.33. The molecule has 20 heavy (non-hydrogen) atoms. The number of hydrogen-bond acceptors (Lipinski definition) is 3. The van der Waals surface area contributed by atoms with Crippen LogP contribution in [0.1, 0.15) is 45.0 Å². The van der Waals surface area contributed by atoms with Crippen LogP contribution < -0.4 is 5.32 Å². The Morgan fingerprint density at radius 2 is 1.95 bits per heavy atom. The molecule has 1 aromatic heterocycles. The monoisotopic (exact) mass is 296 g/mol. The van der Waals surface area contributed by atoms with E-state index in [1.54, 1.807) is 16.2 Å². The summed E-state index contributed by atoms with van der Waals surface area (Å²) in [5.41, 5.74) is 0. The Kier molecular flexibility index (Phi) is 6.69. The number of rotatable bonds is 7. The minimum Gasteiger partial charge on any atom is -0.347 e. The number of hydrogen-bond donors (Lipinski definition) is 1. The van der Waals surface area contributed by atoms with Crippen LogP contribution in [0.2, 0.25) is 0 Å². The molecule has 114 valence electrons. The van der Waals surface area contributed by atoms with Gasteiger partial charge in [-0.2, -0.15) is 0 Å². The van der Waals surface area contributed by atoms with Gasteiger partial charge in [0.15, 0.2) is 0 Å². The molecule has 1 amide bonds. The fourth-order valence-corrected chi connectivity index (χ4v) is 3.27. The number of nitrogens with one attached hydrogen (secondary N) is 1. The van der Waals surface area contributed by atoms with E-state index in [0.29, 0.717) is 11.8 Å². The minimum absolute atomic E-state index is 0.112. The van der Waals surface area contributed by atoms with E-state index < -0.39 is 0 Å². The van der Waals surface area contributed by atoms with E-state index in [2.05, 4.69) is 50.5 Å². The third kappa shape index (κ3) is 4.91. The molecule has 1 N–H and O–H groups in total. The minimum atomic E-state index is -0.112. The van der Waals surface area contributed by atoms with Crippen LogP contribution in [-0.2, 0) is 4.79 Å². The Morgan fingerprint density at radius 3 is 2.35 bits per heavy atom. The second-order valence-electron chi connectivity index (χ2n) is 6.32. The predicted molar refractivity (Wildman–Crippen MR) is 87.0 cm³/mol. The molecule has 2 unspecified atom stereocenters. The van der Waals surface area contributed by atoms with Crippen LogP contribution in [0.5, 0.6) is 0 Å². The first-order chi connectivity index (χ1) is 9.32. The zero-order valence-electron chi connectivity index (χ0n) is 13.5. The summed E-state index contributed by atoms with van der Waals surface area (Å²) in [6.07, 6.45) is 0.867. The molecule has 0 saturated carbocycles. The van der Waals surface area contributed by atoms with Crippen molar-refractivity contribution in [3.8, 4) is 0 Å². The fraction of sp³-hybridized carbons (Fsp3) is 0.688. The number of likely N-dealkylation sites (N-methyl/N-ethyl adjacent to an activating group) is 1. The van der Waals surface area contributed by atoms with E-state index in [-0.39, 0.29) is 18.0 Å². The Balaban J connectivity index is 2.87. The Labute approximate surface area is 127 Å². The highest BCUT2D eigenvalue weighted by Gasteiger charge is 2.27. The molecule has 3 nitrogen and oxygen atoms in total. The van der Waals surface area contributed by atoms with E-state index in [0.717, 1.165) is 6.42 Å². The molecule has 0 aromatic carbocycles. The van der Waals surface area contributed by atoms with Crippen LogP contribution in [-0.4, -0.2) is 30.9 Å². The van der Waals surface area contributed by atoms with Crippen molar-refractivity contribution in [1.82, 2.24) is 10.2 Å². The van der Waals surface area contributed by atoms with Crippen molar-refractivity contribution in [2.75, 3.05) is 14.1 Å². The standard InChI is InChI=1S/C16H28N2OS/c1-11(2)10-13(16(19)18(5)6)17-15(12(3)4)14-8-7-9-20-14/h7-9,11-13,15,17H,10H2,1-6H3. The van der Waals surface area contributed by atoms with Crippen molar-refractivity contribution in [3.63, 3.8) is 0 Å². The molecule has 0 saturated heterocycles. The molecule has 4 heteroatoms. The lowest BCUT2D eigenvalue weighted by Gasteiger charge is -2.29. The van der Waals surface area contributed by atoms with E-state index in [9.17, 15) is 4.79 Å². The highest BCUT2D eigenvalue weighted by atomic mass is 32.1. The lowest BCUT2D eigenvalue weighted by Crippen LogP contribution is -2.46. The van der Waals surface area contributed by atoms with Gasteiger partial charge < -0.3 is 4.90 Å². The maximum absolute atomic E-state index is 12.4. The third-order valence-corrected chi connectivity index (χ3v) is 4.30. The lowest BCUT2D eigenvalue weighted by molar-refractivity contribution is -0.131. The van der Waals surface area contributed by atoms with Crippen LogP contribution in [0.4, 0.5) is 0 Å². The van der Waals surface area contributed by atoms with Crippen LogP contribution in [0, 0.1) is 11.8 Å². The highest BCUT2D eigenvalue weighted by Crippen LogP contribution is 2.27. The van der Waals surface area contributed by atoms with Crippen LogP contribution in [0.15, 0.2) is 17.5 Å². The van der Waals surface area contributed by atoms with Crippen molar-refractivity contribution in [2.24, 2.45) is 11.8 Å². The maximum Gasteiger partial charge on any atom is 0.239 e. The summed E-state index contributed by atoms with van der Waals surface area (Å²) in [6.45, 7) is 8.72. The van der Waals surface area contributed by atoms with Crippen LogP contribution in [0.25, 0.3) is 0 Å². The van der Waals surface area contributed by atoms with Gasteiger partial charge in [0.1, 0.15) is 0 Å². The predicted octanol–water partition coefficient (Wildman–Crippen LogP) is 3.54. The first kappa shape index (κ1) is 17.2. The molecule has 0 aliphatic carbocycles. The van der Waals surface area contributed by atoms with Crippen molar-refractivity contribution < 1.29 is 4.79 Å². The second-order valence-corrected chi connectivity index (χ2v) is 7.30. The number of amides is 1. The zero-order valence-corrected chi connectivity index (χ0v) is 14.3. The van der Waals surface area contributed by atoms with Crippen molar-refractivity contribution in [3.05, 3.63) is 22.4 Å². The van der Waals surface area contributed by atoms with Crippen molar-refractivity contribution >= 4 is 17.2 Å². The fourth-order valence-electron chi connectivity index (χ4n) is 2.31. The molecular weight excluding hydrogens is 268 g/mol. The van der Waals surface area contributed by atoms with Gasteiger partial charge >= 0.3 is 0 Å². The van der Waals surface area contributed by atoms with Crippen LogP contribution in [0.3, 0.4) is 0 Å². The van der Waals surface area contributed by atoms with E-state index in [1.807, 2.05) is 14.1 Å². The molecule has 0 bridgehead atoms. The summed E-state index contributed by atoms with van der Waals surface area (Å²) in [5, 5.41) is 5.68. The summed E-state index contributed by atoms with van der Waals surface area (Å²) >= 11 is 1.75. The molecule has 0 spiro atoms. The van der Waals surface area contributed by atoms with Gasteiger partial charge in [0.2, 0.25) is 5.91 Å². The summed E-state index contributed by atoms with van der Waals surface area (Å²) in [5.74, 6) is 1.12. The molecule has 1 heterocycles. The molecule has 2 atom stereocenters. The Bertz CT molecular complexity index is 399. The summed E-state index contributed by atoms with van der Waals surface area (Å²) < 4.78 is 0. The smallest absolute Gasteiger partial charge is 0.239 e. The van der Waals surface area contributed by atoms with E-state index in [1.165, 1.54) is 4.88 Å². The van der Waals surface area contributed by atoms with Crippen molar-refractivity contribution in [1.29, 1.82) is 0 Å². The largest absolute Gasteiger partial charge is 0.347 e. The molecule has 0 aliphatic heterocycles. The molecule has 1 aromatic rings. The topological polar surface area (TPSA) is 32.3 Å². The van der Waals surface area contributed by atoms with E-state index in [4.69, 9.17) is 0 Å². The number of thiophene rings is 1. The normalized spacial score (nSPS) is 14.6. The van der Waals surface area contributed by atoms with Crippen molar-refractivity contribution in [2.45, 2.75) is 46.2 Å². The zero-order chi connectivity index (χ0) is 15.3. The van der Waals surface area contributed by atoms with Gasteiger partial charge in [-0.1, -0.05) is 33.8 Å². The molecule has 1 rings (SSSR count). The van der Waals surface area contributed by atoms with Gasteiger partial charge in [0.25, 0.3) is 0 Å². The Morgan fingerprint density at radius 1 is 1.30 bits per heavy atom. The van der Waals surface area contributed by atoms with Gasteiger partial charge in [-0.3, -0.25) is 10.1 Å². The summed E-state index contributed by atoms with van der Waals surface area (Å²) in [4.78, 5) is 15.4. The molecular formula is C16H28N2OS. The average molecular weight is 296 g/mol. The molecule has 0 aliphatic rings. The van der Waals surface area contributed by atoms with Gasteiger partial charge in [0, 0.05) is 25.0 Å². The van der Waals surface area contributed by atoms with Gasteiger partial charge in [-0.05, 0) is 29.7 Å². The van der Waals surface area contributed by atoms with Gasteiger partial charge in [0.05, 0.1) is 6.04 Å². The number of carbonyl (C=O) groups is 1. The van der Waals surface area contributed by atoms with E-state index >= 15 is 0 Å². The van der Waals surface area contributed by atoms with Crippen LogP contribution >= 0.6 is 11.3 Å². The average Bonchev–Trinajstić information content (AvgIpc) is 2.85. The maximum atomic E-state index is 12.4. The second kappa shape index (κ2) is 7.79. The highest BCUT2D eigenvalue weighted by molar-refractivity contribution is 7.10.